The number of benzene rings is 7. The van der Waals surface area contributed by atoms with Gasteiger partial charge in [-0.15, -0.1) is 0 Å². The van der Waals surface area contributed by atoms with Crippen molar-refractivity contribution in [1.29, 1.82) is 0 Å². The number of rotatable bonds is 5. The summed E-state index contributed by atoms with van der Waals surface area (Å²) < 4.78 is 6.82. The molecule has 4 heteroatoms. The maximum absolute atomic E-state index is 6.82. The molecular formula is C48H33N3O. The van der Waals surface area contributed by atoms with Gasteiger partial charge in [0, 0.05) is 38.4 Å². The molecule has 7 aromatic carbocycles. The van der Waals surface area contributed by atoms with Crippen LogP contribution in [0.25, 0.3) is 89.5 Å². The lowest BCUT2D eigenvalue weighted by Crippen LogP contribution is -2.14. The summed E-state index contributed by atoms with van der Waals surface area (Å²) in [7, 11) is 0. The Kier molecular flexibility index (Phi) is 6.80. The van der Waals surface area contributed by atoms with Crippen molar-refractivity contribution < 1.29 is 4.42 Å². The van der Waals surface area contributed by atoms with Crippen molar-refractivity contribution in [2.75, 3.05) is 0 Å². The Morgan fingerprint density at radius 1 is 0.423 bits per heavy atom. The van der Waals surface area contributed by atoms with Crippen LogP contribution in [0.1, 0.15) is 25.0 Å². The number of fused-ring (bicyclic) bond motifs is 6. The standard InChI is InChI=1S/C48H33N3O/c1-48(2)39-23-13-12-21-35(39)38-29-33(25-28-40(38)48)46-49-45(32-19-10-5-11-20-32)50-47(51-46)37-27-26-36-43-34(30-15-6-3-7-16-30)22-14-24-41(43)52-44(36)42(37)31-17-8-4-9-18-31/h3-29H,1-2H3. The van der Waals surface area contributed by atoms with Gasteiger partial charge in [0.25, 0.3) is 0 Å². The van der Waals surface area contributed by atoms with E-state index in [0.717, 1.165) is 60.9 Å². The highest BCUT2D eigenvalue weighted by atomic mass is 16.3. The number of hydrogen-bond acceptors (Lipinski definition) is 4. The fourth-order valence-corrected chi connectivity index (χ4v) is 8.03. The lowest BCUT2D eigenvalue weighted by molar-refractivity contribution is 0.660. The van der Waals surface area contributed by atoms with Crippen LogP contribution in [0.4, 0.5) is 0 Å². The molecule has 0 saturated carbocycles. The average Bonchev–Trinajstić information content (AvgIpc) is 3.70. The largest absolute Gasteiger partial charge is 0.455 e. The van der Waals surface area contributed by atoms with Gasteiger partial charge in [-0.1, -0.05) is 153 Å². The lowest BCUT2D eigenvalue weighted by Gasteiger charge is -2.21. The summed E-state index contributed by atoms with van der Waals surface area (Å²) in [5, 5.41) is 2.14. The predicted octanol–water partition coefficient (Wildman–Crippen LogP) is 12.4. The van der Waals surface area contributed by atoms with Crippen LogP contribution in [0.3, 0.4) is 0 Å². The van der Waals surface area contributed by atoms with Crippen LogP contribution in [0.2, 0.25) is 0 Å². The van der Waals surface area contributed by atoms with E-state index in [9.17, 15) is 0 Å². The number of nitrogens with zero attached hydrogens (tertiary/aromatic N) is 3. The van der Waals surface area contributed by atoms with E-state index in [1.165, 1.54) is 22.3 Å². The molecule has 0 unspecified atom stereocenters. The molecule has 0 atom stereocenters. The first-order chi connectivity index (χ1) is 25.5. The number of furan rings is 1. The van der Waals surface area contributed by atoms with Crippen LogP contribution in [0.5, 0.6) is 0 Å². The Morgan fingerprint density at radius 3 is 1.77 bits per heavy atom. The van der Waals surface area contributed by atoms with E-state index in [-0.39, 0.29) is 5.41 Å². The molecule has 52 heavy (non-hydrogen) atoms. The van der Waals surface area contributed by atoms with Gasteiger partial charge in [-0.05, 0) is 63.2 Å². The number of hydrogen-bond donors (Lipinski definition) is 0. The third-order valence-corrected chi connectivity index (χ3v) is 10.6. The second-order valence-corrected chi connectivity index (χ2v) is 14.0. The molecule has 4 nitrogen and oxygen atoms in total. The molecule has 2 aromatic heterocycles. The van der Waals surface area contributed by atoms with E-state index in [0.29, 0.717) is 17.5 Å². The van der Waals surface area contributed by atoms with Crippen LogP contribution >= 0.6 is 0 Å². The summed E-state index contributed by atoms with van der Waals surface area (Å²) >= 11 is 0. The molecule has 0 fully saturated rings. The smallest absolute Gasteiger partial charge is 0.164 e. The first kappa shape index (κ1) is 30.2. The Morgan fingerprint density at radius 2 is 1.02 bits per heavy atom. The topological polar surface area (TPSA) is 51.8 Å². The van der Waals surface area contributed by atoms with Gasteiger partial charge in [-0.2, -0.15) is 0 Å². The van der Waals surface area contributed by atoms with Crippen molar-refractivity contribution in [2.24, 2.45) is 0 Å². The highest BCUT2D eigenvalue weighted by molar-refractivity contribution is 6.17. The molecule has 0 bridgehead atoms. The van der Waals surface area contributed by atoms with Gasteiger partial charge in [0.15, 0.2) is 17.5 Å². The fraction of sp³-hybridized carbons (Fsp3) is 0.0625. The summed E-state index contributed by atoms with van der Waals surface area (Å²) in [5.74, 6) is 1.84. The van der Waals surface area contributed by atoms with Crippen LogP contribution in [-0.2, 0) is 5.41 Å². The first-order valence-electron chi connectivity index (χ1n) is 17.7. The minimum absolute atomic E-state index is 0.0864. The average molecular weight is 668 g/mol. The molecule has 0 amide bonds. The minimum atomic E-state index is -0.0864. The highest BCUT2D eigenvalue weighted by Crippen LogP contribution is 2.50. The van der Waals surface area contributed by atoms with Crippen molar-refractivity contribution in [3.8, 4) is 67.5 Å². The Balaban J connectivity index is 1.23. The molecule has 0 saturated heterocycles. The Labute approximate surface area is 302 Å². The van der Waals surface area contributed by atoms with Crippen LogP contribution in [0.15, 0.2) is 168 Å². The molecule has 1 aliphatic rings. The van der Waals surface area contributed by atoms with Crippen molar-refractivity contribution in [3.05, 3.63) is 175 Å². The van der Waals surface area contributed by atoms with E-state index in [4.69, 9.17) is 19.4 Å². The van der Waals surface area contributed by atoms with Crippen molar-refractivity contribution in [2.45, 2.75) is 19.3 Å². The van der Waals surface area contributed by atoms with Crippen LogP contribution in [0, 0.1) is 0 Å². The maximum atomic E-state index is 6.82. The van der Waals surface area contributed by atoms with Gasteiger partial charge >= 0.3 is 0 Å². The van der Waals surface area contributed by atoms with Gasteiger partial charge in [-0.25, -0.2) is 15.0 Å². The predicted molar refractivity (Wildman–Crippen MR) is 212 cm³/mol. The molecule has 1 aliphatic carbocycles. The zero-order valence-corrected chi connectivity index (χ0v) is 28.8. The zero-order valence-electron chi connectivity index (χ0n) is 28.8. The summed E-state index contributed by atoms with van der Waals surface area (Å²) in [5.41, 5.74) is 13.7. The summed E-state index contributed by atoms with van der Waals surface area (Å²) in [6.45, 7) is 4.60. The molecule has 0 N–H and O–H groups in total. The third-order valence-electron chi connectivity index (χ3n) is 10.6. The first-order valence-corrected chi connectivity index (χ1v) is 17.7. The third kappa shape index (κ3) is 4.72. The van der Waals surface area contributed by atoms with Gasteiger partial charge in [0.2, 0.25) is 0 Å². The Bertz CT molecular complexity index is 2800. The molecule has 0 aliphatic heterocycles. The van der Waals surface area contributed by atoms with Crippen LogP contribution < -0.4 is 0 Å². The monoisotopic (exact) mass is 667 g/mol. The Hall–Kier alpha value is -6.65. The van der Waals surface area contributed by atoms with E-state index in [1.807, 2.05) is 30.3 Å². The lowest BCUT2D eigenvalue weighted by atomic mass is 9.82. The van der Waals surface area contributed by atoms with Crippen molar-refractivity contribution in [1.82, 2.24) is 15.0 Å². The minimum Gasteiger partial charge on any atom is -0.455 e. The molecule has 0 spiro atoms. The van der Waals surface area contributed by atoms with Crippen LogP contribution in [-0.4, -0.2) is 15.0 Å². The quantitative estimate of drug-likeness (QED) is 0.183. The van der Waals surface area contributed by atoms with E-state index >= 15 is 0 Å². The summed E-state index contributed by atoms with van der Waals surface area (Å²) in [6.07, 6.45) is 0. The highest BCUT2D eigenvalue weighted by Gasteiger charge is 2.35. The second kappa shape index (κ2) is 11.7. The number of aromatic nitrogens is 3. The van der Waals surface area contributed by atoms with Gasteiger partial charge in [0.05, 0.1) is 0 Å². The van der Waals surface area contributed by atoms with Gasteiger partial charge in [-0.3, -0.25) is 0 Å². The summed E-state index contributed by atoms with van der Waals surface area (Å²) in [6, 6.07) is 57.0. The molecule has 2 heterocycles. The normalized spacial score (nSPS) is 13.0. The fourth-order valence-electron chi connectivity index (χ4n) is 8.03. The molecule has 9 aromatic rings. The van der Waals surface area contributed by atoms with Crippen molar-refractivity contribution in [3.63, 3.8) is 0 Å². The molecular weight excluding hydrogens is 635 g/mol. The van der Waals surface area contributed by atoms with Gasteiger partial charge < -0.3 is 4.42 Å². The molecule has 0 radical (unpaired) electrons. The van der Waals surface area contributed by atoms with E-state index in [1.54, 1.807) is 0 Å². The molecule has 246 valence electrons. The molecule has 10 rings (SSSR count). The summed E-state index contributed by atoms with van der Waals surface area (Å²) in [4.78, 5) is 15.6. The SMILES string of the molecule is CC1(C)c2ccccc2-c2cc(-c3nc(-c4ccccc4)nc(-c4ccc5c(oc6cccc(-c7ccccc7)c65)c4-c4ccccc4)n3)ccc21. The van der Waals surface area contributed by atoms with Gasteiger partial charge in [0.1, 0.15) is 11.2 Å². The van der Waals surface area contributed by atoms with Crippen molar-refractivity contribution >= 4 is 21.9 Å². The van der Waals surface area contributed by atoms with E-state index < -0.39 is 0 Å². The van der Waals surface area contributed by atoms with E-state index in [2.05, 4.69) is 147 Å². The maximum Gasteiger partial charge on any atom is 0.164 e. The second-order valence-electron chi connectivity index (χ2n) is 14.0. The zero-order chi connectivity index (χ0) is 34.8.